The lowest BCUT2D eigenvalue weighted by molar-refractivity contribution is 0.00784. The Morgan fingerprint density at radius 1 is 1.21 bits per heavy atom. The Balaban J connectivity index is 2.04. The molecular weight excluding hydrogens is 216 g/mol. The fourth-order valence-corrected chi connectivity index (χ4v) is 2.16. The summed E-state index contributed by atoms with van der Waals surface area (Å²) >= 11 is 0. The first-order valence-corrected chi connectivity index (χ1v) is 5.41. The van der Waals surface area contributed by atoms with E-state index in [1.54, 1.807) is 0 Å². The van der Waals surface area contributed by atoms with E-state index < -0.39 is 34.8 Å². The van der Waals surface area contributed by atoms with Crippen LogP contribution in [0.15, 0.2) is 0 Å². The maximum Gasteiger partial charge on any atom is 0.397 e. The molecule has 0 amide bonds. The lowest BCUT2D eigenvalue weighted by Gasteiger charge is -2.13. The second kappa shape index (κ2) is 3.40. The Bertz CT molecular complexity index is 312. The lowest BCUT2D eigenvalue weighted by atomic mass is 10.1. The maximum absolute atomic E-state index is 10.4. The number of rotatable bonds is 2. The van der Waals surface area contributed by atoms with Crippen molar-refractivity contribution in [3.05, 3.63) is 0 Å². The normalized spacial score (nSPS) is 42.7. The molecule has 2 rings (SSSR count). The maximum atomic E-state index is 10.4. The van der Waals surface area contributed by atoms with E-state index in [0.29, 0.717) is 0 Å². The van der Waals surface area contributed by atoms with Crippen molar-refractivity contribution in [3.8, 4) is 0 Å². The Labute approximate surface area is 80.5 Å². The van der Waals surface area contributed by atoms with Gasteiger partial charge >= 0.3 is 10.4 Å². The van der Waals surface area contributed by atoms with Crippen molar-refractivity contribution in [2.45, 2.75) is 24.4 Å². The molecule has 2 aliphatic heterocycles. The predicted octanol–water partition coefficient (Wildman–Crippen LogP) is -1.67. The molecule has 2 heterocycles. The first kappa shape index (κ1) is 10.3. The minimum Gasteiger partial charge on any atom is -0.388 e. The highest BCUT2D eigenvalue weighted by Crippen LogP contribution is 2.29. The van der Waals surface area contributed by atoms with Gasteiger partial charge in [-0.05, 0) is 0 Å². The van der Waals surface area contributed by atoms with Crippen molar-refractivity contribution in [3.63, 3.8) is 0 Å². The summed E-state index contributed by atoms with van der Waals surface area (Å²) in [6, 6.07) is 0. The number of fused-ring (bicyclic) bond motifs is 1. The van der Waals surface area contributed by atoms with Crippen LogP contribution in [0.4, 0.5) is 0 Å². The molecule has 4 atom stereocenters. The molecule has 0 spiro atoms. The van der Waals surface area contributed by atoms with E-state index in [1.165, 1.54) is 0 Å². The highest BCUT2D eigenvalue weighted by Gasteiger charge is 2.49. The quantitative estimate of drug-likeness (QED) is 0.543. The molecule has 0 aromatic rings. The zero-order valence-corrected chi connectivity index (χ0v) is 7.88. The summed E-state index contributed by atoms with van der Waals surface area (Å²) in [7, 11) is -4.51. The van der Waals surface area contributed by atoms with Gasteiger partial charge in [0, 0.05) is 0 Å². The lowest BCUT2D eigenvalue weighted by Crippen LogP contribution is -2.34. The molecule has 82 valence electrons. The molecular formula is C6H10O7S. The van der Waals surface area contributed by atoms with E-state index >= 15 is 0 Å². The Kier molecular flexibility index (Phi) is 2.50. The van der Waals surface area contributed by atoms with Gasteiger partial charge in [0.25, 0.3) is 0 Å². The molecule has 0 radical (unpaired) electrons. The first-order valence-electron chi connectivity index (χ1n) is 4.04. The van der Waals surface area contributed by atoms with Crippen LogP contribution in [0.1, 0.15) is 0 Å². The van der Waals surface area contributed by atoms with Gasteiger partial charge in [-0.2, -0.15) is 8.42 Å². The molecule has 14 heavy (non-hydrogen) atoms. The molecule has 0 unspecified atom stereocenters. The molecule has 7 nitrogen and oxygen atoms in total. The monoisotopic (exact) mass is 226 g/mol. The molecule has 2 fully saturated rings. The molecule has 0 bridgehead atoms. The van der Waals surface area contributed by atoms with Gasteiger partial charge in [-0.15, -0.1) is 0 Å². The van der Waals surface area contributed by atoms with Crippen LogP contribution in [0.2, 0.25) is 0 Å². The SMILES string of the molecule is O=S(=O)(O)O[C@@H]1CO[C@H]2[C@@H]1OC[C@@H]2O. The van der Waals surface area contributed by atoms with Crippen LogP contribution in [0.3, 0.4) is 0 Å². The van der Waals surface area contributed by atoms with Crippen LogP contribution >= 0.6 is 0 Å². The number of aliphatic hydroxyl groups is 1. The van der Waals surface area contributed by atoms with Crippen LogP contribution in [0.25, 0.3) is 0 Å². The number of ether oxygens (including phenoxy) is 2. The molecule has 0 aromatic carbocycles. The second-order valence-corrected chi connectivity index (χ2v) is 4.27. The van der Waals surface area contributed by atoms with Crippen molar-refractivity contribution >= 4 is 10.4 Å². The predicted molar refractivity (Wildman–Crippen MR) is 41.9 cm³/mol. The topological polar surface area (TPSA) is 102 Å². The third-order valence-electron chi connectivity index (χ3n) is 2.23. The molecule has 8 heteroatoms. The van der Waals surface area contributed by atoms with E-state index in [0.717, 1.165) is 0 Å². The van der Waals surface area contributed by atoms with Crippen LogP contribution < -0.4 is 0 Å². The van der Waals surface area contributed by atoms with Gasteiger partial charge < -0.3 is 14.6 Å². The third kappa shape index (κ3) is 1.90. The Morgan fingerprint density at radius 3 is 2.50 bits per heavy atom. The summed E-state index contributed by atoms with van der Waals surface area (Å²) < 4.78 is 43.7. The number of hydrogen-bond acceptors (Lipinski definition) is 6. The zero-order chi connectivity index (χ0) is 10.3. The van der Waals surface area contributed by atoms with Crippen LogP contribution in [0, 0.1) is 0 Å². The van der Waals surface area contributed by atoms with Gasteiger partial charge in [-0.25, -0.2) is 4.18 Å². The summed E-state index contributed by atoms with van der Waals surface area (Å²) in [6.45, 7) is 0.0624. The highest BCUT2D eigenvalue weighted by molar-refractivity contribution is 7.80. The van der Waals surface area contributed by atoms with Crippen molar-refractivity contribution in [2.24, 2.45) is 0 Å². The van der Waals surface area contributed by atoms with E-state index in [1.807, 2.05) is 0 Å². The zero-order valence-electron chi connectivity index (χ0n) is 7.07. The van der Waals surface area contributed by atoms with Crippen molar-refractivity contribution in [1.29, 1.82) is 0 Å². The molecule has 0 aliphatic carbocycles. The molecule has 0 aromatic heterocycles. The average Bonchev–Trinajstić information content (AvgIpc) is 2.55. The molecule has 0 saturated carbocycles. The van der Waals surface area contributed by atoms with Gasteiger partial charge in [-0.3, -0.25) is 4.55 Å². The Morgan fingerprint density at radius 2 is 1.86 bits per heavy atom. The minimum atomic E-state index is -4.51. The van der Waals surface area contributed by atoms with Gasteiger partial charge in [0.1, 0.15) is 24.4 Å². The smallest absolute Gasteiger partial charge is 0.388 e. The summed E-state index contributed by atoms with van der Waals surface area (Å²) in [5, 5.41) is 9.30. The summed E-state index contributed by atoms with van der Waals surface area (Å²) in [4.78, 5) is 0. The molecule has 2 aliphatic rings. The van der Waals surface area contributed by atoms with Crippen LogP contribution in [-0.2, 0) is 24.1 Å². The third-order valence-corrected chi connectivity index (χ3v) is 2.72. The summed E-state index contributed by atoms with van der Waals surface area (Å²) in [5.41, 5.74) is 0. The van der Waals surface area contributed by atoms with E-state index in [4.69, 9.17) is 14.0 Å². The summed E-state index contributed by atoms with van der Waals surface area (Å²) in [6.07, 6.45) is -2.85. The van der Waals surface area contributed by atoms with Gasteiger partial charge in [-0.1, -0.05) is 0 Å². The highest BCUT2D eigenvalue weighted by atomic mass is 32.3. The molecule has 2 saturated heterocycles. The average molecular weight is 226 g/mol. The van der Waals surface area contributed by atoms with E-state index in [2.05, 4.69) is 4.18 Å². The number of hydrogen-bond donors (Lipinski definition) is 2. The largest absolute Gasteiger partial charge is 0.397 e. The van der Waals surface area contributed by atoms with E-state index in [9.17, 15) is 13.5 Å². The molecule has 2 N–H and O–H groups in total. The number of aliphatic hydroxyl groups excluding tert-OH is 1. The van der Waals surface area contributed by atoms with Gasteiger partial charge in [0.05, 0.1) is 13.2 Å². The Hall–Kier alpha value is -0.250. The fraction of sp³-hybridized carbons (Fsp3) is 1.00. The van der Waals surface area contributed by atoms with Crippen molar-refractivity contribution in [2.75, 3.05) is 13.2 Å². The van der Waals surface area contributed by atoms with Crippen molar-refractivity contribution in [1.82, 2.24) is 0 Å². The minimum absolute atomic E-state index is 0.0216. The first-order chi connectivity index (χ1) is 6.47. The standard InChI is InChI=1S/C6H10O7S/c7-3-1-11-6-4(2-12-5(3)6)13-14(8,9)10/h3-7H,1-2H2,(H,8,9,10)/t3-,4+,5+,6+/m0/s1. The summed E-state index contributed by atoms with van der Waals surface area (Å²) in [5.74, 6) is 0. The van der Waals surface area contributed by atoms with Crippen LogP contribution in [0.5, 0.6) is 0 Å². The fourth-order valence-electron chi connectivity index (χ4n) is 1.68. The van der Waals surface area contributed by atoms with Gasteiger partial charge in [0.2, 0.25) is 0 Å². The van der Waals surface area contributed by atoms with E-state index in [-0.39, 0.29) is 13.2 Å². The van der Waals surface area contributed by atoms with Gasteiger partial charge in [0.15, 0.2) is 0 Å². The second-order valence-electron chi connectivity index (χ2n) is 3.23. The van der Waals surface area contributed by atoms with Crippen molar-refractivity contribution < 1.29 is 31.7 Å². The van der Waals surface area contributed by atoms with Crippen LogP contribution in [-0.4, -0.2) is 55.7 Å².